The number of hydrogen-bond acceptors (Lipinski definition) is 3. The molecule has 0 spiro atoms. The lowest BCUT2D eigenvalue weighted by molar-refractivity contribution is -0.122. The Labute approximate surface area is 185 Å². The van der Waals surface area contributed by atoms with E-state index in [1.165, 1.54) is 29.3 Å². The highest BCUT2D eigenvalue weighted by molar-refractivity contribution is 9.10. The van der Waals surface area contributed by atoms with Crippen LogP contribution in [0.2, 0.25) is 0 Å². The molecule has 2 aromatic rings. The maximum absolute atomic E-state index is 13.3. The third kappa shape index (κ3) is 6.37. The number of likely N-dealkylation sites (tertiary alicyclic amines) is 1. The van der Waals surface area contributed by atoms with Gasteiger partial charge in [0.2, 0.25) is 5.91 Å². The van der Waals surface area contributed by atoms with E-state index in [0.717, 1.165) is 32.5 Å². The molecule has 0 aliphatic carbocycles. The molecule has 1 fully saturated rings. The van der Waals surface area contributed by atoms with Gasteiger partial charge in [-0.15, -0.1) is 0 Å². The molecule has 1 aliphatic heterocycles. The topological polar surface area (TPSA) is 61.4 Å². The third-order valence-electron chi connectivity index (χ3n) is 5.42. The van der Waals surface area contributed by atoms with Crippen LogP contribution in [0.5, 0.6) is 0 Å². The van der Waals surface area contributed by atoms with Crippen LogP contribution in [0.4, 0.5) is 4.39 Å². The van der Waals surface area contributed by atoms with Crippen LogP contribution < -0.4 is 10.6 Å². The molecule has 30 heavy (non-hydrogen) atoms. The average Bonchev–Trinajstić information content (AvgIpc) is 2.73. The Bertz CT molecular complexity index is 898. The number of rotatable bonds is 7. The normalized spacial score (nSPS) is 15.0. The van der Waals surface area contributed by atoms with Crippen molar-refractivity contribution < 1.29 is 14.0 Å². The standard InChI is InChI=1S/C23H27BrFN3O2/c1-16-4-2-3-5-17(16)15-28-12-9-19(10-13-28)27-22(29)8-11-26-23(30)20-14-18(25)6-7-21(20)24/h2-7,14,19H,8-13,15H2,1H3,(H,26,30)(H,27,29). The number of carbonyl (C=O) groups excluding carboxylic acids is 2. The molecule has 0 radical (unpaired) electrons. The summed E-state index contributed by atoms with van der Waals surface area (Å²) in [5.41, 5.74) is 2.87. The zero-order chi connectivity index (χ0) is 21.5. The lowest BCUT2D eigenvalue weighted by Crippen LogP contribution is -2.45. The van der Waals surface area contributed by atoms with Gasteiger partial charge in [0.15, 0.2) is 0 Å². The summed E-state index contributed by atoms with van der Waals surface area (Å²) in [5.74, 6) is -0.959. The first kappa shape index (κ1) is 22.4. The number of nitrogens with one attached hydrogen (secondary N) is 2. The number of piperidine rings is 1. The third-order valence-corrected chi connectivity index (χ3v) is 6.11. The molecule has 0 aromatic heterocycles. The van der Waals surface area contributed by atoms with E-state index < -0.39 is 11.7 Å². The van der Waals surface area contributed by atoms with E-state index in [0.29, 0.717) is 4.47 Å². The Hall–Kier alpha value is -2.25. The molecule has 0 unspecified atom stereocenters. The van der Waals surface area contributed by atoms with Crippen LogP contribution in [-0.4, -0.2) is 42.4 Å². The second kappa shape index (κ2) is 10.7. The molecule has 2 amide bonds. The number of benzene rings is 2. The maximum atomic E-state index is 13.3. The summed E-state index contributed by atoms with van der Waals surface area (Å²) in [6, 6.07) is 12.5. The first-order chi connectivity index (χ1) is 14.4. The van der Waals surface area contributed by atoms with Gasteiger partial charge >= 0.3 is 0 Å². The van der Waals surface area contributed by atoms with Gasteiger partial charge in [0.1, 0.15) is 5.82 Å². The van der Waals surface area contributed by atoms with Crippen molar-refractivity contribution in [3.63, 3.8) is 0 Å². The minimum atomic E-state index is -0.477. The lowest BCUT2D eigenvalue weighted by Gasteiger charge is -2.32. The second-order valence-electron chi connectivity index (χ2n) is 7.67. The minimum Gasteiger partial charge on any atom is -0.353 e. The largest absolute Gasteiger partial charge is 0.353 e. The molecule has 1 heterocycles. The number of carbonyl (C=O) groups is 2. The minimum absolute atomic E-state index is 0.0778. The summed E-state index contributed by atoms with van der Waals surface area (Å²) in [5, 5.41) is 5.73. The van der Waals surface area contributed by atoms with Crippen LogP contribution in [0.3, 0.4) is 0 Å². The first-order valence-electron chi connectivity index (χ1n) is 10.2. The Morgan fingerprint density at radius 2 is 1.90 bits per heavy atom. The predicted molar refractivity (Wildman–Crippen MR) is 119 cm³/mol. The lowest BCUT2D eigenvalue weighted by atomic mass is 10.0. The van der Waals surface area contributed by atoms with Gasteiger partial charge in [-0.05, 0) is 65.0 Å². The Kier molecular flexibility index (Phi) is 7.99. The monoisotopic (exact) mass is 475 g/mol. The van der Waals surface area contributed by atoms with Gasteiger partial charge in [-0.2, -0.15) is 0 Å². The fraction of sp³-hybridized carbons (Fsp3) is 0.391. The van der Waals surface area contributed by atoms with Crippen LogP contribution in [0, 0.1) is 12.7 Å². The highest BCUT2D eigenvalue weighted by Crippen LogP contribution is 2.18. The summed E-state index contributed by atoms with van der Waals surface area (Å²) in [4.78, 5) is 26.8. The number of hydrogen-bond donors (Lipinski definition) is 2. The van der Waals surface area contributed by atoms with Gasteiger partial charge in [-0.25, -0.2) is 4.39 Å². The first-order valence-corrected chi connectivity index (χ1v) is 11.0. The molecule has 3 rings (SSSR count). The molecule has 1 saturated heterocycles. The van der Waals surface area contributed by atoms with Crippen molar-refractivity contribution in [2.45, 2.75) is 38.8 Å². The summed E-state index contributed by atoms with van der Waals surface area (Å²) in [6.45, 7) is 5.18. The Morgan fingerprint density at radius 1 is 1.17 bits per heavy atom. The van der Waals surface area contributed by atoms with E-state index in [2.05, 4.69) is 62.7 Å². The van der Waals surface area contributed by atoms with Gasteiger partial charge in [0.05, 0.1) is 5.56 Å². The number of halogens is 2. The summed E-state index contributed by atoms with van der Waals surface area (Å²) in [6.07, 6.45) is 2.03. The van der Waals surface area contributed by atoms with Crippen molar-refractivity contribution in [1.29, 1.82) is 0 Å². The smallest absolute Gasteiger partial charge is 0.252 e. The van der Waals surface area contributed by atoms with Gasteiger partial charge in [0, 0.05) is 43.1 Å². The van der Waals surface area contributed by atoms with E-state index in [-0.39, 0.29) is 30.5 Å². The van der Waals surface area contributed by atoms with E-state index in [4.69, 9.17) is 0 Å². The van der Waals surface area contributed by atoms with Gasteiger partial charge < -0.3 is 10.6 Å². The molecule has 1 aliphatic rings. The molecule has 7 heteroatoms. The quantitative estimate of drug-likeness (QED) is 0.640. The zero-order valence-corrected chi connectivity index (χ0v) is 18.7. The van der Waals surface area contributed by atoms with E-state index in [1.807, 2.05) is 0 Å². The summed E-state index contributed by atoms with van der Waals surface area (Å²) < 4.78 is 13.8. The van der Waals surface area contributed by atoms with Crippen LogP contribution in [0.25, 0.3) is 0 Å². The van der Waals surface area contributed by atoms with E-state index in [9.17, 15) is 14.0 Å². The highest BCUT2D eigenvalue weighted by atomic mass is 79.9. The van der Waals surface area contributed by atoms with Crippen molar-refractivity contribution in [1.82, 2.24) is 15.5 Å². The SMILES string of the molecule is Cc1ccccc1CN1CCC(NC(=O)CCNC(=O)c2cc(F)ccc2Br)CC1. The molecular formula is C23H27BrFN3O2. The van der Waals surface area contributed by atoms with Crippen LogP contribution in [0.1, 0.15) is 40.7 Å². The number of amides is 2. The maximum Gasteiger partial charge on any atom is 0.252 e. The second-order valence-corrected chi connectivity index (χ2v) is 8.53. The van der Waals surface area contributed by atoms with E-state index >= 15 is 0 Å². The average molecular weight is 476 g/mol. The van der Waals surface area contributed by atoms with Gasteiger partial charge in [-0.1, -0.05) is 24.3 Å². The number of nitrogens with zero attached hydrogens (tertiary/aromatic N) is 1. The fourth-order valence-corrected chi connectivity index (χ4v) is 4.05. The van der Waals surface area contributed by atoms with Gasteiger partial charge in [0.25, 0.3) is 5.91 Å². The molecule has 2 N–H and O–H groups in total. The molecule has 2 aromatic carbocycles. The predicted octanol–water partition coefficient (Wildman–Crippen LogP) is 3.80. The van der Waals surface area contributed by atoms with Crippen molar-refractivity contribution in [3.8, 4) is 0 Å². The zero-order valence-electron chi connectivity index (χ0n) is 17.1. The van der Waals surface area contributed by atoms with Crippen LogP contribution >= 0.6 is 15.9 Å². The van der Waals surface area contributed by atoms with Crippen LogP contribution in [0.15, 0.2) is 46.9 Å². The molecular weight excluding hydrogens is 449 g/mol. The fourth-order valence-electron chi connectivity index (χ4n) is 3.62. The van der Waals surface area contributed by atoms with Crippen molar-refractivity contribution in [2.75, 3.05) is 19.6 Å². The summed E-state index contributed by atoms with van der Waals surface area (Å²) in [7, 11) is 0. The molecule has 0 saturated carbocycles. The Morgan fingerprint density at radius 3 is 2.63 bits per heavy atom. The molecule has 0 bridgehead atoms. The van der Waals surface area contributed by atoms with Crippen molar-refractivity contribution >= 4 is 27.7 Å². The van der Waals surface area contributed by atoms with Crippen molar-refractivity contribution in [3.05, 3.63) is 69.4 Å². The molecule has 5 nitrogen and oxygen atoms in total. The highest BCUT2D eigenvalue weighted by Gasteiger charge is 2.21. The molecule has 0 atom stereocenters. The van der Waals surface area contributed by atoms with E-state index in [1.54, 1.807) is 0 Å². The van der Waals surface area contributed by atoms with Crippen molar-refractivity contribution in [2.24, 2.45) is 0 Å². The Balaban J connectivity index is 1.36. The summed E-state index contributed by atoms with van der Waals surface area (Å²) >= 11 is 3.24. The van der Waals surface area contributed by atoms with Crippen LogP contribution in [-0.2, 0) is 11.3 Å². The van der Waals surface area contributed by atoms with Gasteiger partial charge in [-0.3, -0.25) is 14.5 Å². The number of aryl methyl sites for hydroxylation is 1. The molecule has 160 valence electrons.